The Morgan fingerprint density at radius 1 is 1.33 bits per heavy atom. The first kappa shape index (κ1) is 14.7. The third-order valence-electron chi connectivity index (χ3n) is 3.20. The van der Waals surface area contributed by atoms with Gasteiger partial charge in [0.15, 0.2) is 0 Å². The molecular weight excluding hydrogens is 224 g/mol. The predicted octanol–water partition coefficient (Wildman–Crippen LogP) is 2.21. The molecule has 0 saturated carbocycles. The Morgan fingerprint density at radius 3 is 2.50 bits per heavy atom. The van der Waals surface area contributed by atoms with Gasteiger partial charge >= 0.3 is 0 Å². The fraction of sp³-hybridized carbons (Fsp3) is 0.533. The summed E-state index contributed by atoms with van der Waals surface area (Å²) >= 11 is 0. The molecule has 0 fully saturated rings. The smallest absolute Gasteiger partial charge is 0.236 e. The van der Waals surface area contributed by atoms with E-state index in [2.05, 4.69) is 31.3 Å². The Bertz CT molecular complexity index is 373. The largest absolute Gasteiger partial charge is 0.354 e. The molecule has 18 heavy (non-hydrogen) atoms. The van der Waals surface area contributed by atoms with Crippen molar-refractivity contribution in [3.63, 3.8) is 0 Å². The Kier molecular flexibility index (Phi) is 5.35. The molecule has 0 aliphatic carbocycles. The van der Waals surface area contributed by atoms with Gasteiger partial charge in [0.2, 0.25) is 5.91 Å². The average molecular weight is 248 g/mol. The fourth-order valence-electron chi connectivity index (χ4n) is 1.87. The van der Waals surface area contributed by atoms with Gasteiger partial charge in [-0.2, -0.15) is 0 Å². The lowest BCUT2D eigenvalue weighted by atomic mass is 9.84. The monoisotopic (exact) mass is 248 g/mol. The Hall–Kier alpha value is -1.35. The van der Waals surface area contributed by atoms with E-state index in [1.165, 1.54) is 5.56 Å². The fourth-order valence-corrected chi connectivity index (χ4v) is 1.87. The van der Waals surface area contributed by atoms with Crippen LogP contribution < -0.4 is 11.1 Å². The van der Waals surface area contributed by atoms with Crippen molar-refractivity contribution < 1.29 is 4.79 Å². The molecule has 0 aromatic heterocycles. The van der Waals surface area contributed by atoms with Crippen LogP contribution in [0, 0.1) is 0 Å². The zero-order chi connectivity index (χ0) is 13.6. The number of hydrogen-bond acceptors (Lipinski definition) is 2. The van der Waals surface area contributed by atoms with Gasteiger partial charge in [-0.05, 0) is 12.0 Å². The van der Waals surface area contributed by atoms with E-state index < -0.39 is 0 Å². The van der Waals surface area contributed by atoms with E-state index in [9.17, 15) is 4.79 Å². The van der Waals surface area contributed by atoms with Crippen LogP contribution in [0.3, 0.4) is 0 Å². The average Bonchev–Trinajstić information content (AvgIpc) is 2.37. The van der Waals surface area contributed by atoms with E-state index in [1.807, 2.05) is 25.1 Å². The maximum Gasteiger partial charge on any atom is 0.236 e. The van der Waals surface area contributed by atoms with Crippen molar-refractivity contribution in [2.75, 3.05) is 6.54 Å². The van der Waals surface area contributed by atoms with Crippen LogP contribution in [0.15, 0.2) is 30.3 Å². The second kappa shape index (κ2) is 6.55. The van der Waals surface area contributed by atoms with Gasteiger partial charge in [-0.3, -0.25) is 4.79 Å². The van der Waals surface area contributed by atoms with E-state index in [4.69, 9.17) is 5.73 Å². The summed E-state index contributed by atoms with van der Waals surface area (Å²) in [6.45, 7) is 6.87. The van der Waals surface area contributed by atoms with Crippen molar-refractivity contribution in [1.29, 1.82) is 0 Å². The lowest BCUT2D eigenvalue weighted by Crippen LogP contribution is -2.45. The summed E-state index contributed by atoms with van der Waals surface area (Å²) in [6.07, 6.45) is 1.66. The van der Waals surface area contributed by atoms with Gasteiger partial charge in [0.25, 0.3) is 0 Å². The molecule has 1 amide bonds. The molecule has 100 valence electrons. The summed E-state index contributed by atoms with van der Waals surface area (Å²) in [5.74, 6) is -0.0548. The van der Waals surface area contributed by atoms with Crippen LogP contribution in [0.5, 0.6) is 0 Å². The van der Waals surface area contributed by atoms with Gasteiger partial charge < -0.3 is 11.1 Å². The lowest BCUT2D eigenvalue weighted by Gasteiger charge is -2.26. The third kappa shape index (κ3) is 4.15. The molecule has 0 spiro atoms. The van der Waals surface area contributed by atoms with Crippen LogP contribution in [0.25, 0.3) is 0 Å². The maximum atomic E-state index is 11.8. The molecule has 1 aromatic rings. The van der Waals surface area contributed by atoms with Gasteiger partial charge in [-0.15, -0.1) is 0 Å². The minimum Gasteiger partial charge on any atom is -0.354 e. The molecule has 3 heteroatoms. The van der Waals surface area contributed by atoms with Gasteiger partial charge in [-0.25, -0.2) is 0 Å². The minimum absolute atomic E-state index is 0.0548. The van der Waals surface area contributed by atoms with Crippen molar-refractivity contribution in [3.05, 3.63) is 35.9 Å². The zero-order valence-electron chi connectivity index (χ0n) is 11.6. The molecule has 3 nitrogen and oxygen atoms in total. The highest BCUT2D eigenvalue weighted by molar-refractivity contribution is 5.81. The summed E-state index contributed by atoms with van der Waals surface area (Å²) in [5, 5.41) is 2.94. The molecule has 3 N–H and O–H groups in total. The van der Waals surface area contributed by atoms with Crippen LogP contribution in [0.1, 0.15) is 39.2 Å². The molecule has 1 rings (SSSR count). The van der Waals surface area contributed by atoms with Crippen LogP contribution in [-0.4, -0.2) is 18.5 Å². The Balaban J connectivity index is 2.55. The summed E-state index contributed by atoms with van der Waals surface area (Å²) < 4.78 is 0. The summed E-state index contributed by atoms with van der Waals surface area (Å²) in [7, 11) is 0. The Labute approximate surface area is 110 Å². The molecule has 0 radical (unpaired) electrons. The minimum atomic E-state index is -0.387. The van der Waals surface area contributed by atoms with E-state index in [0.29, 0.717) is 6.54 Å². The molecule has 0 bridgehead atoms. The highest BCUT2D eigenvalue weighted by Gasteiger charge is 2.22. The number of hydrogen-bond donors (Lipinski definition) is 2. The zero-order valence-corrected chi connectivity index (χ0v) is 11.6. The number of carbonyl (C=O) groups excluding carboxylic acids is 1. The van der Waals surface area contributed by atoms with E-state index in [0.717, 1.165) is 12.8 Å². The quantitative estimate of drug-likeness (QED) is 0.811. The van der Waals surface area contributed by atoms with Gasteiger partial charge in [0, 0.05) is 12.0 Å². The molecular formula is C15H24N2O. The highest BCUT2D eigenvalue weighted by atomic mass is 16.2. The molecule has 0 unspecified atom stereocenters. The summed E-state index contributed by atoms with van der Waals surface area (Å²) in [4.78, 5) is 11.8. The van der Waals surface area contributed by atoms with Crippen LogP contribution in [0.2, 0.25) is 0 Å². The predicted molar refractivity (Wildman–Crippen MR) is 75.4 cm³/mol. The number of nitrogens with two attached hydrogens (primary N) is 1. The number of nitrogens with one attached hydrogen (secondary N) is 1. The number of rotatable bonds is 6. The van der Waals surface area contributed by atoms with Gasteiger partial charge in [0.05, 0.1) is 6.04 Å². The highest BCUT2D eigenvalue weighted by Crippen LogP contribution is 2.21. The normalized spacial score (nSPS) is 13.1. The van der Waals surface area contributed by atoms with E-state index >= 15 is 0 Å². The van der Waals surface area contributed by atoms with Crippen molar-refractivity contribution in [2.45, 2.75) is 45.1 Å². The number of carbonyl (C=O) groups is 1. The van der Waals surface area contributed by atoms with Crippen LogP contribution in [0.4, 0.5) is 0 Å². The molecule has 0 aliphatic rings. The standard InChI is InChI=1S/C15H24N2O/c1-4-8-13(16)14(18)17-11-15(2,3)12-9-6-5-7-10-12/h5-7,9-10,13H,4,8,11,16H2,1-3H3,(H,17,18)/t13-/m1/s1. The van der Waals surface area contributed by atoms with E-state index in [1.54, 1.807) is 0 Å². The summed E-state index contributed by atoms with van der Waals surface area (Å²) in [6, 6.07) is 9.80. The van der Waals surface area contributed by atoms with E-state index in [-0.39, 0.29) is 17.4 Å². The van der Waals surface area contributed by atoms with Gasteiger partial charge in [0.1, 0.15) is 0 Å². The van der Waals surface area contributed by atoms with Crippen molar-refractivity contribution >= 4 is 5.91 Å². The Morgan fingerprint density at radius 2 is 1.94 bits per heavy atom. The first-order chi connectivity index (χ1) is 8.47. The van der Waals surface area contributed by atoms with Gasteiger partial charge in [-0.1, -0.05) is 57.5 Å². The van der Waals surface area contributed by atoms with Crippen LogP contribution in [-0.2, 0) is 10.2 Å². The molecule has 1 atom stereocenters. The second-order valence-electron chi connectivity index (χ2n) is 5.36. The SMILES string of the molecule is CCC[C@@H](N)C(=O)NCC(C)(C)c1ccccc1. The molecule has 1 aromatic carbocycles. The molecule has 0 saturated heterocycles. The van der Waals surface area contributed by atoms with Crippen molar-refractivity contribution in [2.24, 2.45) is 5.73 Å². The van der Waals surface area contributed by atoms with Crippen molar-refractivity contribution in [3.8, 4) is 0 Å². The first-order valence-electron chi connectivity index (χ1n) is 6.56. The number of amides is 1. The molecule has 0 aliphatic heterocycles. The number of benzene rings is 1. The second-order valence-corrected chi connectivity index (χ2v) is 5.36. The third-order valence-corrected chi connectivity index (χ3v) is 3.20. The summed E-state index contributed by atoms with van der Waals surface area (Å²) in [5.41, 5.74) is 6.92. The topological polar surface area (TPSA) is 55.1 Å². The van der Waals surface area contributed by atoms with Crippen molar-refractivity contribution in [1.82, 2.24) is 5.32 Å². The lowest BCUT2D eigenvalue weighted by molar-refractivity contribution is -0.122. The maximum absolute atomic E-state index is 11.8. The van der Waals surface area contributed by atoms with Crippen LogP contribution >= 0.6 is 0 Å². The first-order valence-corrected chi connectivity index (χ1v) is 6.56. The molecule has 0 heterocycles.